The molecular formula is C24H18ClF2N3O2S. The highest BCUT2D eigenvalue weighted by molar-refractivity contribution is 7.07. The van der Waals surface area contributed by atoms with Crippen LogP contribution in [0.25, 0.3) is 11.3 Å². The van der Waals surface area contributed by atoms with Gasteiger partial charge in [-0.05, 0) is 66.2 Å². The van der Waals surface area contributed by atoms with E-state index in [1.54, 1.807) is 30.1 Å². The number of alkyl halides is 2. The second kappa shape index (κ2) is 10.4. The molecule has 3 aromatic carbocycles. The molecule has 9 heteroatoms. The van der Waals surface area contributed by atoms with Crippen molar-refractivity contribution in [2.75, 3.05) is 7.11 Å². The molecule has 168 valence electrons. The summed E-state index contributed by atoms with van der Waals surface area (Å²) in [6.45, 7) is -2.87. The molecule has 0 radical (unpaired) electrons. The number of halogens is 3. The van der Waals surface area contributed by atoms with Crippen LogP contribution in [0.4, 0.5) is 14.5 Å². The number of hydrogen-bond acceptors (Lipinski definition) is 5. The van der Waals surface area contributed by atoms with Crippen LogP contribution in [0.2, 0.25) is 5.02 Å². The molecular weight excluding hydrogens is 468 g/mol. The van der Waals surface area contributed by atoms with Crippen LogP contribution in [-0.2, 0) is 0 Å². The van der Waals surface area contributed by atoms with Crippen molar-refractivity contribution in [3.63, 3.8) is 0 Å². The summed E-state index contributed by atoms with van der Waals surface area (Å²) in [7, 11) is 1.61. The van der Waals surface area contributed by atoms with Gasteiger partial charge < -0.3 is 9.47 Å². The van der Waals surface area contributed by atoms with E-state index in [0.717, 1.165) is 22.7 Å². The van der Waals surface area contributed by atoms with Gasteiger partial charge in [-0.25, -0.2) is 9.67 Å². The number of aromatic nitrogens is 1. The zero-order chi connectivity index (χ0) is 23.2. The topological polar surface area (TPSA) is 48.1 Å². The van der Waals surface area contributed by atoms with Crippen LogP contribution in [-0.4, -0.2) is 24.6 Å². The van der Waals surface area contributed by atoms with E-state index in [2.05, 4.69) is 9.84 Å². The molecule has 0 bridgehead atoms. The Hall–Kier alpha value is -3.49. The quantitative estimate of drug-likeness (QED) is 0.277. The van der Waals surface area contributed by atoms with E-state index in [9.17, 15) is 8.78 Å². The fraction of sp³-hybridized carbons (Fsp3) is 0.0833. The van der Waals surface area contributed by atoms with E-state index < -0.39 is 6.61 Å². The molecule has 0 N–H and O–H groups in total. The lowest BCUT2D eigenvalue weighted by Crippen LogP contribution is -2.11. The summed E-state index contributed by atoms with van der Waals surface area (Å²) in [5, 5.41) is 7.22. The average molecular weight is 486 g/mol. The number of ether oxygens (including phenoxy) is 2. The first-order valence-corrected chi connectivity index (χ1v) is 11.0. The van der Waals surface area contributed by atoms with Crippen LogP contribution in [0.3, 0.4) is 0 Å². The molecule has 0 amide bonds. The summed E-state index contributed by atoms with van der Waals surface area (Å²) in [5.41, 5.74) is 3.22. The van der Waals surface area contributed by atoms with Crippen molar-refractivity contribution >= 4 is 34.8 Å². The molecule has 4 aromatic rings. The largest absolute Gasteiger partial charge is 0.497 e. The van der Waals surface area contributed by atoms with Crippen molar-refractivity contribution in [1.82, 2.24) is 4.68 Å². The van der Waals surface area contributed by atoms with Crippen LogP contribution < -0.4 is 14.3 Å². The number of nitrogens with zero attached hydrogens (tertiary/aromatic N) is 3. The maximum absolute atomic E-state index is 12.4. The summed E-state index contributed by atoms with van der Waals surface area (Å²) in [4.78, 5) is 5.37. The number of rotatable bonds is 7. The van der Waals surface area contributed by atoms with Gasteiger partial charge in [-0.1, -0.05) is 23.7 Å². The highest BCUT2D eigenvalue weighted by atomic mass is 35.5. The molecule has 0 aliphatic heterocycles. The summed E-state index contributed by atoms with van der Waals surface area (Å²) in [5.74, 6) is 0.828. The third-order valence-electron chi connectivity index (χ3n) is 4.55. The van der Waals surface area contributed by atoms with Crippen molar-refractivity contribution in [3.05, 3.63) is 93.6 Å². The van der Waals surface area contributed by atoms with Crippen LogP contribution in [0, 0.1) is 0 Å². The number of benzene rings is 3. The lowest BCUT2D eigenvalue weighted by molar-refractivity contribution is -0.0498. The monoisotopic (exact) mass is 485 g/mol. The Balaban J connectivity index is 1.73. The van der Waals surface area contributed by atoms with Gasteiger partial charge in [-0.2, -0.15) is 13.9 Å². The second-order valence-electron chi connectivity index (χ2n) is 6.72. The van der Waals surface area contributed by atoms with E-state index in [0.29, 0.717) is 15.4 Å². The fourth-order valence-electron chi connectivity index (χ4n) is 2.93. The summed E-state index contributed by atoms with van der Waals surface area (Å²) in [6.07, 6.45) is 1.63. The van der Waals surface area contributed by atoms with Crippen molar-refractivity contribution in [2.45, 2.75) is 6.61 Å². The maximum Gasteiger partial charge on any atom is 0.387 e. The van der Waals surface area contributed by atoms with Crippen molar-refractivity contribution in [2.24, 2.45) is 10.1 Å². The number of thiazole rings is 1. The van der Waals surface area contributed by atoms with E-state index >= 15 is 0 Å². The highest BCUT2D eigenvalue weighted by Gasteiger charge is 2.08. The smallest absolute Gasteiger partial charge is 0.387 e. The van der Waals surface area contributed by atoms with Gasteiger partial charge in [0, 0.05) is 16.0 Å². The van der Waals surface area contributed by atoms with Gasteiger partial charge >= 0.3 is 6.61 Å². The van der Waals surface area contributed by atoms with Gasteiger partial charge in [0.25, 0.3) is 0 Å². The maximum atomic E-state index is 12.4. The van der Waals surface area contributed by atoms with Gasteiger partial charge in [-0.3, -0.25) is 0 Å². The van der Waals surface area contributed by atoms with Gasteiger partial charge in [0.05, 0.1) is 24.7 Å². The van der Waals surface area contributed by atoms with Crippen LogP contribution in [0.15, 0.2) is 88.3 Å². The first kappa shape index (κ1) is 22.7. The number of methoxy groups -OCH3 is 1. The molecule has 33 heavy (non-hydrogen) atoms. The van der Waals surface area contributed by atoms with Crippen molar-refractivity contribution in [1.29, 1.82) is 0 Å². The van der Waals surface area contributed by atoms with Gasteiger partial charge in [0.2, 0.25) is 4.80 Å². The minimum absolute atomic E-state index is 0.0855. The zero-order valence-corrected chi connectivity index (χ0v) is 18.9. The molecule has 0 atom stereocenters. The lowest BCUT2D eigenvalue weighted by Gasteiger charge is -2.05. The Labute approximate surface area is 197 Å². The Bertz CT molecular complexity index is 1300. The van der Waals surface area contributed by atoms with Crippen molar-refractivity contribution in [3.8, 4) is 22.8 Å². The van der Waals surface area contributed by atoms with E-state index in [1.807, 2.05) is 53.9 Å². The predicted octanol–water partition coefficient (Wildman–Crippen LogP) is 6.59. The molecule has 0 aliphatic rings. The zero-order valence-electron chi connectivity index (χ0n) is 17.4. The van der Waals surface area contributed by atoms with Gasteiger partial charge in [0.15, 0.2) is 0 Å². The highest BCUT2D eigenvalue weighted by Crippen LogP contribution is 2.23. The van der Waals surface area contributed by atoms with E-state index in [1.165, 1.54) is 23.5 Å². The average Bonchev–Trinajstić information content (AvgIpc) is 3.21. The first-order chi connectivity index (χ1) is 16.0. The molecule has 0 saturated carbocycles. The molecule has 0 aliphatic carbocycles. The molecule has 5 nitrogen and oxygen atoms in total. The van der Waals surface area contributed by atoms with Crippen LogP contribution in [0.1, 0.15) is 5.56 Å². The number of hydrogen-bond donors (Lipinski definition) is 0. The SMILES string of the molecule is COc1ccc(N=c2scc(-c3ccc(Cl)cc3)n2/N=C\c2ccc(OC(F)F)cc2)cc1. The Morgan fingerprint density at radius 1 is 0.939 bits per heavy atom. The fourth-order valence-corrected chi connectivity index (χ4v) is 3.92. The Morgan fingerprint density at radius 3 is 2.24 bits per heavy atom. The summed E-state index contributed by atoms with van der Waals surface area (Å²) < 4.78 is 36.1. The van der Waals surface area contributed by atoms with Crippen LogP contribution in [0.5, 0.6) is 11.5 Å². The Kier molecular flexibility index (Phi) is 7.16. The molecule has 1 aromatic heterocycles. The second-order valence-corrected chi connectivity index (χ2v) is 8.00. The van der Waals surface area contributed by atoms with E-state index in [4.69, 9.17) is 21.3 Å². The summed E-state index contributed by atoms with van der Waals surface area (Å²) >= 11 is 7.48. The van der Waals surface area contributed by atoms with Crippen molar-refractivity contribution < 1.29 is 18.3 Å². The lowest BCUT2D eigenvalue weighted by atomic mass is 10.2. The first-order valence-electron chi connectivity index (χ1n) is 9.76. The minimum Gasteiger partial charge on any atom is -0.497 e. The van der Waals surface area contributed by atoms with Crippen LogP contribution >= 0.6 is 22.9 Å². The third-order valence-corrected chi connectivity index (χ3v) is 5.62. The molecule has 0 spiro atoms. The summed E-state index contributed by atoms with van der Waals surface area (Å²) in [6, 6.07) is 21.1. The molecule has 0 unspecified atom stereocenters. The molecule has 4 rings (SSSR count). The van der Waals surface area contributed by atoms with E-state index in [-0.39, 0.29) is 5.75 Å². The minimum atomic E-state index is -2.87. The predicted molar refractivity (Wildman–Crippen MR) is 127 cm³/mol. The standard InChI is InChI=1S/C24H18ClF2N3O2S/c1-31-20-12-8-19(9-13-20)29-24-30(22(15-33-24)17-4-6-18(25)7-5-17)28-14-16-2-10-21(11-3-16)32-23(26)27/h2-15,23H,1H3/b28-14-,29-24?. The third kappa shape index (κ3) is 5.85. The Morgan fingerprint density at radius 2 is 1.61 bits per heavy atom. The molecule has 0 fully saturated rings. The molecule has 1 heterocycles. The normalized spacial score (nSPS) is 12.0. The van der Waals surface area contributed by atoms with Gasteiger partial charge in [0.1, 0.15) is 11.5 Å². The van der Waals surface area contributed by atoms with Gasteiger partial charge in [-0.15, -0.1) is 11.3 Å². The molecule has 0 saturated heterocycles.